The molecule has 22 heavy (non-hydrogen) atoms. The number of benzene rings is 1. The molecule has 1 atom stereocenters. The summed E-state index contributed by atoms with van der Waals surface area (Å²) < 4.78 is 13.3. The second-order valence-corrected chi connectivity index (χ2v) is 5.57. The van der Waals surface area contributed by atoms with E-state index in [-0.39, 0.29) is 23.3 Å². The number of primary amides is 1. The largest absolute Gasteiger partial charge is 0.370 e. The van der Waals surface area contributed by atoms with Gasteiger partial charge in [0.05, 0.1) is 5.56 Å². The number of hydrogen-bond acceptors (Lipinski definition) is 3. The van der Waals surface area contributed by atoms with Crippen LogP contribution in [0.4, 0.5) is 4.39 Å². The van der Waals surface area contributed by atoms with Gasteiger partial charge in [-0.25, -0.2) is 4.39 Å². The van der Waals surface area contributed by atoms with E-state index in [1.54, 1.807) is 11.0 Å². The van der Waals surface area contributed by atoms with Crippen LogP contribution in [-0.4, -0.2) is 29.8 Å². The summed E-state index contributed by atoms with van der Waals surface area (Å²) in [4.78, 5) is 25.1. The van der Waals surface area contributed by atoms with Crippen molar-refractivity contribution >= 4 is 11.8 Å². The number of carbonyl (C=O) groups is 2. The average molecular weight is 303 g/mol. The Morgan fingerprint density at radius 3 is 2.82 bits per heavy atom. The monoisotopic (exact) mass is 303 g/mol. The highest BCUT2D eigenvalue weighted by atomic mass is 19.1. The van der Waals surface area contributed by atoms with Gasteiger partial charge in [0, 0.05) is 25.1 Å². The third-order valence-electron chi connectivity index (χ3n) is 3.96. The predicted molar refractivity (Wildman–Crippen MR) is 78.2 cm³/mol. The lowest BCUT2D eigenvalue weighted by Gasteiger charge is -2.20. The molecule has 0 aliphatic carbocycles. The standard InChI is InChI=1S/C16H18FN3O2/c17-14-4-3-12(9-13(14)10-18)16(22)20-6-1-2-11(5-7-20)8-15(19)21/h3-4,9,11H,1-2,5-8H2,(H2,19,21). The van der Waals surface area contributed by atoms with Crippen LogP contribution in [0, 0.1) is 23.1 Å². The van der Waals surface area contributed by atoms with Crippen LogP contribution in [0.1, 0.15) is 41.6 Å². The fourth-order valence-corrected chi connectivity index (χ4v) is 2.78. The second kappa shape index (κ2) is 7.03. The number of amides is 2. The van der Waals surface area contributed by atoms with Crippen molar-refractivity contribution in [3.8, 4) is 6.07 Å². The number of nitrogens with two attached hydrogens (primary N) is 1. The number of likely N-dealkylation sites (tertiary alicyclic amines) is 1. The Kier molecular flexibility index (Phi) is 5.10. The van der Waals surface area contributed by atoms with E-state index in [0.29, 0.717) is 25.1 Å². The smallest absolute Gasteiger partial charge is 0.253 e. The number of rotatable bonds is 3. The van der Waals surface area contributed by atoms with Crippen molar-refractivity contribution in [2.24, 2.45) is 11.7 Å². The number of nitriles is 1. The van der Waals surface area contributed by atoms with Gasteiger partial charge < -0.3 is 10.6 Å². The van der Waals surface area contributed by atoms with Crippen LogP contribution in [0.2, 0.25) is 0 Å². The van der Waals surface area contributed by atoms with Crippen LogP contribution in [0.5, 0.6) is 0 Å². The molecule has 1 heterocycles. The summed E-state index contributed by atoms with van der Waals surface area (Å²) in [5, 5.41) is 8.84. The van der Waals surface area contributed by atoms with E-state index in [0.717, 1.165) is 25.3 Å². The molecule has 2 rings (SSSR count). The molecule has 116 valence electrons. The van der Waals surface area contributed by atoms with E-state index < -0.39 is 5.82 Å². The Labute approximate surface area is 128 Å². The fraction of sp³-hybridized carbons (Fsp3) is 0.438. The van der Waals surface area contributed by atoms with Gasteiger partial charge in [0.2, 0.25) is 5.91 Å². The van der Waals surface area contributed by atoms with Gasteiger partial charge in [0.1, 0.15) is 11.9 Å². The summed E-state index contributed by atoms with van der Waals surface area (Å²) in [6, 6.07) is 5.55. The quantitative estimate of drug-likeness (QED) is 0.923. The van der Waals surface area contributed by atoms with E-state index in [1.165, 1.54) is 12.1 Å². The van der Waals surface area contributed by atoms with Crippen LogP contribution in [0.25, 0.3) is 0 Å². The molecule has 1 aromatic rings. The summed E-state index contributed by atoms with van der Waals surface area (Å²) in [6.45, 7) is 1.13. The molecular weight excluding hydrogens is 285 g/mol. The SMILES string of the molecule is N#Cc1cc(C(=O)N2CCCC(CC(N)=O)CC2)ccc1F. The van der Waals surface area contributed by atoms with Crippen molar-refractivity contribution < 1.29 is 14.0 Å². The van der Waals surface area contributed by atoms with Gasteiger partial charge in [-0.2, -0.15) is 5.26 Å². The van der Waals surface area contributed by atoms with Crippen LogP contribution in [0.15, 0.2) is 18.2 Å². The Bertz CT molecular complexity index is 624. The van der Waals surface area contributed by atoms with Crippen molar-refractivity contribution in [2.45, 2.75) is 25.7 Å². The van der Waals surface area contributed by atoms with Crippen molar-refractivity contribution in [3.05, 3.63) is 35.1 Å². The molecule has 0 saturated carbocycles. The first-order valence-electron chi connectivity index (χ1n) is 7.28. The number of carbonyl (C=O) groups excluding carboxylic acids is 2. The van der Waals surface area contributed by atoms with E-state index in [4.69, 9.17) is 11.0 Å². The highest BCUT2D eigenvalue weighted by molar-refractivity contribution is 5.94. The molecular formula is C16H18FN3O2. The summed E-state index contributed by atoms with van der Waals surface area (Å²) in [5.41, 5.74) is 5.40. The Morgan fingerprint density at radius 1 is 1.36 bits per heavy atom. The minimum Gasteiger partial charge on any atom is -0.370 e. The molecule has 0 radical (unpaired) electrons. The Balaban J connectivity index is 2.07. The highest BCUT2D eigenvalue weighted by Crippen LogP contribution is 2.22. The first-order valence-corrected chi connectivity index (χ1v) is 7.28. The van der Waals surface area contributed by atoms with Crippen molar-refractivity contribution in [2.75, 3.05) is 13.1 Å². The summed E-state index contributed by atoms with van der Waals surface area (Å²) in [6.07, 6.45) is 2.73. The van der Waals surface area contributed by atoms with Gasteiger partial charge in [0.15, 0.2) is 0 Å². The van der Waals surface area contributed by atoms with Crippen molar-refractivity contribution in [3.63, 3.8) is 0 Å². The van der Waals surface area contributed by atoms with Crippen molar-refractivity contribution in [1.29, 1.82) is 5.26 Å². The molecule has 5 nitrogen and oxygen atoms in total. The number of hydrogen-bond donors (Lipinski definition) is 1. The van der Waals surface area contributed by atoms with E-state index >= 15 is 0 Å². The number of nitrogens with zero attached hydrogens (tertiary/aromatic N) is 2. The normalized spacial score (nSPS) is 18.4. The lowest BCUT2D eigenvalue weighted by molar-refractivity contribution is -0.119. The molecule has 0 bridgehead atoms. The molecule has 0 aromatic heterocycles. The average Bonchev–Trinajstić information content (AvgIpc) is 2.72. The third kappa shape index (κ3) is 3.82. The van der Waals surface area contributed by atoms with E-state index in [9.17, 15) is 14.0 Å². The molecule has 1 aliphatic heterocycles. The van der Waals surface area contributed by atoms with Crippen LogP contribution in [-0.2, 0) is 4.79 Å². The first-order chi connectivity index (χ1) is 10.5. The minimum atomic E-state index is -0.628. The van der Waals surface area contributed by atoms with E-state index in [1.807, 2.05) is 0 Å². The molecule has 1 fully saturated rings. The van der Waals surface area contributed by atoms with Crippen LogP contribution in [0.3, 0.4) is 0 Å². The molecule has 2 amide bonds. The molecule has 0 spiro atoms. The first kappa shape index (κ1) is 16.0. The maximum Gasteiger partial charge on any atom is 0.253 e. The van der Waals surface area contributed by atoms with Crippen LogP contribution >= 0.6 is 0 Å². The molecule has 1 unspecified atom stereocenters. The zero-order valence-electron chi connectivity index (χ0n) is 12.2. The highest BCUT2D eigenvalue weighted by Gasteiger charge is 2.23. The predicted octanol–water partition coefficient (Wildman–Crippen LogP) is 1.82. The molecule has 1 aromatic carbocycles. The lowest BCUT2D eigenvalue weighted by atomic mass is 9.97. The van der Waals surface area contributed by atoms with Gasteiger partial charge in [0.25, 0.3) is 5.91 Å². The fourth-order valence-electron chi connectivity index (χ4n) is 2.78. The Hall–Kier alpha value is -2.42. The lowest BCUT2D eigenvalue weighted by Crippen LogP contribution is -2.32. The van der Waals surface area contributed by atoms with Gasteiger partial charge in [-0.05, 0) is 43.4 Å². The van der Waals surface area contributed by atoms with Gasteiger partial charge >= 0.3 is 0 Å². The minimum absolute atomic E-state index is 0.132. The maximum absolute atomic E-state index is 13.3. The Morgan fingerprint density at radius 2 is 2.14 bits per heavy atom. The second-order valence-electron chi connectivity index (χ2n) is 5.57. The molecule has 2 N–H and O–H groups in total. The molecule has 1 aliphatic rings. The third-order valence-corrected chi connectivity index (χ3v) is 3.96. The maximum atomic E-state index is 13.3. The number of halogens is 1. The summed E-state index contributed by atoms with van der Waals surface area (Å²) >= 11 is 0. The van der Waals surface area contributed by atoms with Crippen LogP contribution < -0.4 is 5.73 Å². The molecule has 6 heteroatoms. The van der Waals surface area contributed by atoms with Gasteiger partial charge in [-0.15, -0.1) is 0 Å². The summed E-state index contributed by atoms with van der Waals surface area (Å²) in [5.74, 6) is -0.951. The van der Waals surface area contributed by atoms with Crippen molar-refractivity contribution in [1.82, 2.24) is 4.90 Å². The topological polar surface area (TPSA) is 87.2 Å². The zero-order chi connectivity index (χ0) is 16.1. The van der Waals surface area contributed by atoms with Gasteiger partial charge in [-0.3, -0.25) is 9.59 Å². The molecule has 1 saturated heterocycles. The summed E-state index contributed by atoms with van der Waals surface area (Å²) in [7, 11) is 0. The van der Waals surface area contributed by atoms with Gasteiger partial charge in [-0.1, -0.05) is 0 Å². The zero-order valence-corrected chi connectivity index (χ0v) is 12.2. The van der Waals surface area contributed by atoms with E-state index in [2.05, 4.69) is 0 Å².